The molecule has 0 bridgehead atoms. The van der Waals surface area contributed by atoms with Crippen molar-refractivity contribution in [2.75, 3.05) is 18.5 Å². The van der Waals surface area contributed by atoms with Gasteiger partial charge in [-0.2, -0.15) is 4.68 Å². The Labute approximate surface area is 125 Å². The molecular weight excluding hydrogens is 294 g/mol. The van der Waals surface area contributed by atoms with Gasteiger partial charge in [-0.05, 0) is 13.3 Å². The van der Waals surface area contributed by atoms with Crippen LogP contribution < -0.4 is 5.32 Å². The van der Waals surface area contributed by atoms with Crippen molar-refractivity contribution in [2.45, 2.75) is 20.3 Å². The van der Waals surface area contributed by atoms with E-state index in [1.54, 1.807) is 6.92 Å². The largest absolute Gasteiger partial charge is 0.460 e. The maximum atomic E-state index is 11.8. The highest BCUT2D eigenvalue weighted by atomic mass is 16.6. The van der Waals surface area contributed by atoms with E-state index in [2.05, 4.69) is 10.4 Å². The van der Waals surface area contributed by atoms with Gasteiger partial charge < -0.3 is 19.2 Å². The predicted octanol–water partition coefficient (Wildman–Crippen LogP) is 1.77. The van der Waals surface area contributed by atoms with Crippen LogP contribution in [-0.2, 0) is 14.3 Å². The number of carbonyl (C=O) groups excluding carboxylic acids is 3. The smallest absolute Gasteiger partial charge is 0.435 e. The number of carbonyl (C=O) groups is 3. The van der Waals surface area contributed by atoms with Gasteiger partial charge in [-0.15, -0.1) is 5.10 Å². The zero-order chi connectivity index (χ0) is 16.1. The van der Waals surface area contributed by atoms with E-state index in [9.17, 15) is 14.4 Å². The number of amides is 1. The molecule has 0 unspecified atom stereocenters. The lowest BCUT2D eigenvalue weighted by atomic mass is 10.4. The molecule has 0 aromatic carbocycles. The van der Waals surface area contributed by atoms with Gasteiger partial charge in [0.25, 0.3) is 0 Å². The predicted molar refractivity (Wildman–Crippen MR) is 74.7 cm³/mol. The zero-order valence-corrected chi connectivity index (χ0v) is 12.1. The van der Waals surface area contributed by atoms with E-state index in [1.165, 1.54) is 6.07 Å². The van der Waals surface area contributed by atoms with Crippen LogP contribution in [0.1, 0.15) is 30.8 Å². The summed E-state index contributed by atoms with van der Waals surface area (Å²) in [7, 11) is 0. The van der Waals surface area contributed by atoms with Gasteiger partial charge in [0, 0.05) is 6.07 Å². The number of nitrogens with zero attached hydrogens (tertiary/aromatic N) is 2. The molecule has 1 amide bonds. The van der Waals surface area contributed by atoms with E-state index in [-0.39, 0.29) is 35.9 Å². The summed E-state index contributed by atoms with van der Waals surface area (Å²) in [4.78, 5) is 34.2. The lowest BCUT2D eigenvalue weighted by Gasteiger charge is -2.01. The third-order valence-electron chi connectivity index (χ3n) is 2.63. The van der Waals surface area contributed by atoms with E-state index in [1.807, 2.05) is 6.92 Å². The second-order valence-corrected chi connectivity index (χ2v) is 4.18. The molecule has 2 heterocycles. The standard InChI is InChI=1S/C13H15N3O6/c1-3-5-21-12(18)9-6-8-10(22-9)11(14-7-17)15-16(8)13(19)20-4-2/h6-7H,3-5H2,1-2H3,(H,14,15,17). The Morgan fingerprint density at radius 1 is 1.41 bits per heavy atom. The number of ether oxygens (including phenoxy) is 2. The van der Waals surface area contributed by atoms with E-state index in [0.29, 0.717) is 12.8 Å². The van der Waals surface area contributed by atoms with Gasteiger partial charge in [-0.3, -0.25) is 4.79 Å². The zero-order valence-electron chi connectivity index (χ0n) is 12.1. The molecular formula is C13H15N3O6. The first-order valence-electron chi connectivity index (χ1n) is 6.69. The summed E-state index contributed by atoms with van der Waals surface area (Å²) < 4.78 is 16.0. The van der Waals surface area contributed by atoms with Gasteiger partial charge in [0.15, 0.2) is 11.4 Å². The van der Waals surface area contributed by atoms with Crippen LogP contribution in [0.5, 0.6) is 0 Å². The highest BCUT2D eigenvalue weighted by molar-refractivity contribution is 5.99. The van der Waals surface area contributed by atoms with Crippen molar-refractivity contribution >= 4 is 35.4 Å². The number of hydrogen-bond acceptors (Lipinski definition) is 7. The molecule has 9 heteroatoms. The van der Waals surface area contributed by atoms with E-state index in [4.69, 9.17) is 13.9 Å². The molecule has 2 aromatic rings. The first kappa shape index (κ1) is 15.5. The first-order chi connectivity index (χ1) is 10.6. The summed E-state index contributed by atoms with van der Waals surface area (Å²) in [5, 5.41) is 6.17. The number of fused-ring (bicyclic) bond motifs is 1. The maximum Gasteiger partial charge on any atom is 0.435 e. The van der Waals surface area contributed by atoms with Gasteiger partial charge in [0.1, 0.15) is 5.52 Å². The molecule has 1 N–H and O–H groups in total. The molecule has 118 valence electrons. The molecule has 2 aromatic heterocycles. The number of anilines is 1. The number of furan rings is 1. The van der Waals surface area contributed by atoms with Crippen LogP contribution in [0.3, 0.4) is 0 Å². The SMILES string of the molecule is CCCOC(=O)c1cc2c(o1)c(NC=O)nn2C(=O)OCC. The van der Waals surface area contributed by atoms with Crippen molar-refractivity contribution < 1.29 is 28.3 Å². The molecule has 0 atom stereocenters. The average Bonchev–Trinajstić information content (AvgIpc) is 3.06. The van der Waals surface area contributed by atoms with Crippen LogP contribution >= 0.6 is 0 Å². The van der Waals surface area contributed by atoms with E-state index in [0.717, 1.165) is 4.68 Å². The monoisotopic (exact) mass is 309 g/mol. The average molecular weight is 309 g/mol. The number of nitrogens with one attached hydrogen (secondary N) is 1. The molecule has 0 spiro atoms. The van der Waals surface area contributed by atoms with Crippen molar-refractivity contribution in [2.24, 2.45) is 0 Å². The third kappa shape index (κ3) is 2.92. The number of esters is 1. The second-order valence-electron chi connectivity index (χ2n) is 4.18. The van der Waals surface area contributed by atoms with Crippen molar-refractivity contribution in [3.8, 4) is 0 Å². The molecule has 0 aliphatic heterocycles. The highest BCUT2D eigenvalue weighted by Crippen LogP contribution is 2.27. The van der Waals surface area contributed by atoms with Crippen molar-refractivity contribution in [3.05, 3.63) is 11.8 Å². The Balaban J connectivity index is 2.43. The fourth-order valence-corrected chi connectivity index (χ4v) is 1.75. The maximum absolute atomic E-state index is 11.8. The molecule has 22 heavy (non-hydrogen) atoms. The van der Waals surface area contributed by atoms with Crippen molar-refractivity contribution in [1.29, 1.82) is 0 Å². The van der Waals surface area contributed by atoms with Gasteiger partial charge in [-0.25, -0.2) is 9.59 Å². The molecule has 0 aliphatic rings. The van der Waals surface area contributed by atoms with Crippen LogP contribution in [0, 0.1) is 0 Å². The lowest BCUT2D eigenvalue weighted by molar-refractivity contribution is -0.105. The van der Waals surface area contributed by atoms with Crippen LogP contribution in [0.2, 0.25) is 0 Å². The Hall–Kier alpha value is -2.84. The van der Waals surface area contributed by atoms with E-state index >= 15 is 0 Å². The van der Waals surface area contributed by atoms with Gasteiger partial charge in [0.05, 0.1) is 13.2 Å². The molecule has 0 fully saturated rings. The quantitative estimate of drug-likeness (QED) is 0.639. The Kier molecular flexibility index (Phi) is 4.77. The highest BCUT2D eigenvalue weighted by Gasteiger charge is 2.24. The summed E-state index contributed by atoms with van der Waals surface area (Å²) in [6.07, 6.45) is 0.302. The van der Waals surface area contributed by atoms with Gasteiger partial charge >= 0.3 is 12.1 Å². The minimum absolute atomic E-state index is 0.00703. The molecule has 0 aliphatic carbocycles. The van der Waals surface area contributed by atoms with Crippen molar-refractivity contribution in [3.63, 3.8) is 0 Å². The van der Waals surface area contributed by atoms with Gasteiger partial charge in [0.2, 0.25) is 12.2 Å². The first-order valence-corrected chi connectivity index (χ1v) is 6.69. The fraction of sp³-hybridized carbons (Fsp3) is 0.385. The summed E-state index contributed by atoms with van der Waals surface area (Å²) >= 11 is 0. The Bertz CT molecular complexity index is 702. The third-order valence-corrected chi connectivity index (χ3v) is 2.63. The molecule has 2 rings (SSSR count). The van der Waals surface area contributed by atoms with Crippen LogP contribution in [0.15, 0.2) is 10.5 Å². The molecule has 0 saturated carbocycles. The number of rotatable bonds is 6. The number of aromatic nitrogens is 2. The van der Waals surface area contributed by atoms with Crippen molar-refractivity contribution in [1.82, 2.24) is 9.78 Å². The minimum atomic E-state index is -0.749. The Morgan fingerprint density at radius 3 is 2.82 bits per heavy atom. The summed E-state index contributed by atoms with van der Waals surface area (Å²) in [5.41, 5.74) is 0.287. The molecule has 0 radical (unpaired) electrons. The van der Waals surface area contributed by atoms with Gasteiger partial charge in [-0.1, -0.05) is 6.92 Å². The minimum Gasteiger partial charge on any atom is -0.460 e. The lowest BCUT2D eigenvalue weighted by Crippen LogP contribution is -2.15. The van der Waals surface area contributed by atoms with Crippen LogP contribution in [0.4, 0.5) is 10.6 Å². The fourth-order valence-electron chi connectivity index (χ4n) is 1.75. The summed E-state index contributed by atoms with van der Waals surface area (Å²) in [5.74, 6) is -0.744. The van der Waals surface area contributed by atoms with Crippen LogP contribution in [-0.4, -0.2) is 41.5 Å². The molecule has 9 nitrogen and oxygen atoms in total. The second kappa shape index (κ2) is 6.74. The molecule has 0 saturated heterocycles. The van der Waals surface area contributed by atoms with Crippen LogP contribution in [0.25, 0.3) is 11.1 Å². The number of hydrogen-bond donors (Lipinski definition) is 1. The normalized spacial score (nSPS) is 10.5. The summed E-state index contributed by atoms with van der Waals surface area (Å²) in [6.45, 7) is 3.90. The van der Waals surface area contributed by atoms with E-state index < -0.39 is 12.1 Å². The Morgan fingerprint density at radius 2 is 2.18 bits per heavy atom. The topological polar surface area (TPSA) is 113 Å². The summed E-state index contributed by atoms with van der Waals surface area (Å²) in [6, 6.07) is 1.31.